The van der Waals surface area contributed by atoms with Crippen LogP contribution in [0.15, 0.2) is 90.7 Å². The molecule has 0 aliphatic heterocycles. The van der Waals surface area contributed by atoms with Crippen molar-refractivity contribution in [2.45, 2.75) is 66.3 Å². The molecule has 0 saturated heterocycles. The molecule has 1 atom stereocenters. The van der Waals surface area contributed by atoms with Crippen molar-refractivity contribution in [1.82, 2.24) is 9.55 Å². The summed E-state index contributed by atoms with van der Waals surface area (Å²) in [7, 11) is 1.94. The van der Waals surface area contributed by atoms with E-state index in [2.05, 4.69) is 49.4 Å². The third-order valence-corrected chi connectivity index (χ3v) is 8.16. The summed E-state index contributed by atoms with van der Waals surface area (Å²) >= 11 is 5.99. The van der Waals surface area contributed by atoms with Gasteiger partial charge in [0.15, 0.2) is 0 Å². The fourth-order valence-electron chi connectivity index (χ4n) is 5.08. The molecule has 0 saturated carbocycles. The lowest BCUT2D eigenvalue weighted by molar-refractivity contribution is -0.119. The zero-order chi connectivity index (χ0) is 34.2. The molecule has 3 aromatic rings. The molecule has 9 heteroatoms. The lowest BCUT2D eigenvalue weighted by Crippen LogP contribution is -2.32. The largest absolute Gasteiger partial charge is 0.491 e. The predicted molar refractivity (Wildman–Crippen MR) is 191 cm³/mol. The molecule has 1 heterocycles. The Balaban J connectivity index is 0.000000287. The van der Waals surface area contributed by atoms with Crippen LogP contribution in [0.25, 0.3) is 0 Å². The Hall–Kier alpha value is -4.32. The van der Waals surface area contributed by atoms with Crippen LogP contribution in [0.3, 0.4) is 0 Å². The van der Waals surface area contributed by atoms with E-state index < -0.39 is 0 Å². The van der Waals surface area contributed by atoms with Crippen LogP contribution in [0, 0.1) is 17.2 Å². The second kappa shape index (κ2) is 19.4. The van der Waals surface area contributed by atoms with Crippen molar-refractivity contribution in [1.29, 1.82) is 5.26 Å². The van der Waals surface area contributed by atoms with Crippen LogP contribution in [0.1, 0.15) is 70.2 Å². The van der Waals surface area contributed by atoms with Gasteiger partial charge in [0.05, 0.1) is 24.2 Å². The third-order valence-electron chi connectivity index (χ3n) is 7.93. The number of nitriles is 1. The van der Waals surface area contributed by atoms with E-state index in [4.69, 9.17) is 21.4 Å². The highest BCUT2D eigenvalue weighted by molar-refractivity contribution is 6.30. The Kier molecular flexibility index (Phi) is 15.3. The van der Waals surface area contributed by atoms with Gasteiger partial charge in [-0.3, -0.25) is 4.79 Å². The van der Waals surface area contributed by atoms with E-state index >= 15 is 0 Å². The van der Waals surface area contributed by atoms with Crippen LogP contribution in [-0.2, 0) is 22.5 Å². The highest BCUT2D eigenvalue weighted by Gasteiger charge is 2.17. The van der Waals surface area contributed by atoms with Gasteiger partial charge < -0.3 is 24.2 Å². The van der Waals surface area contributed by atoms with E-state index in [0.717, 1.165) is 54.9 Å². The van der Waals surface area contributed by atoms with Crippen molar-refractivity contribution in [2.24, 2.45) is 5.92 Å². The first-order valence-corrected chi connectivity index (χ1v) is 16.8. The number of rotatable bonds is 14. The molecule has 1 amide bonds. The molecule has 4 rings (SSSR count). The van der Waals surface area contributed by atoms with Gasteiger partial charge in [-0.15, -0.1) is 0 Å². The van der Waals surface area contributed by atoms with Crippen molar-refractivity contribution in [3.05, 3.63) is 113 Å². The van der Waals surface area contributed by atoms with E-state index in [1.54, 1.807) is 0 Å². The molecule has 1 N–H and O–H groups in total. The van der Waals surface area contributed by atoms with Gasteiger partial charge in [-0.1, -0.05) is 63.9 Å². The van der Waals surface area contributed by atoms with Crippen LogP contribution in [-0.4, -0.2) is 47.4 Å². The molecule has 0 radical (unpaired) electrons. The topological polar surface area (TPSA) is 94.6 Å². The fourth-order valence-corrected chi connectivity index (χ4v) is 5.27. The number of likely N-dealkylation sites (N-methyl/N-ethyl adjacent to an activating group) is 1. The van der Waals surface area contributed by atoms with E-state index in [9.17, 15) is 10.1 Å². The number of carbonyl (C=O) groups is 1. The van der Waals surface area contributed by atoms with Gasteiger partial charge in [0, 0.05) is 60.9 Å². The van der Waals surface area contributed by atoms with E-state index in [1.165, 1.54) is 5.69 Å². The highest BCUT2D eigenvalue weighted by atomic mass is 35.5. The molecule has 1 aliphatic carbocycles. The normalized spacial score (nSPS) is 12.9. The van der Waals surface area contributed by atoms with E-state index in [0.29, 0.717) is 35.2 Å². The number of aromatic nitrogens is 2. The Bertz CT molecular complexity index is 1590. The zero-order valence-electron chi connectivity index (χ0n) is 28.3. The summed E-state index contributed by atoms with van der Waals surface area (Å²) in [4.78, 5) is 20.4. The molecule has 1 aromatic heterocycles. The summed E-state index contributed by atoms with van der Waals surface area (Å²) in [6.45, 7) is 10.1. The summed E-state index contributed by atoms with van der Waals surface area (Å²) < 4.78 is 7.72. The van der Waals surface area contributed by atoms with Crippen LogP contribution < -0.4 is 9.80 Å². The van der Waals surface area contributed by atoms with Gasteiger partial charge in [-0.2, -0.15) is 5.26 Å². The van der Waals surface area contributed by atoms with Gasteiger partial charge in [-0.05, 0) is 73.2 Å². The summed E-state index contributed by atoms with van der Waals surface area (Å²) in [6.07, 6.45) is 15.9. The number of aryl methyl sites for hydroxylation is 1. The molecule has 250 valence electrons. The number of allylic oxidation sites excluding steroid dienone is 4. The first kappa shape index (κ1) is 37.1. The number of amides is 1. The van der Waals surface area contributed by atoms with Crippen molar-refractivity contribution in [3.63, 3.8) is 0 Å². The Labute approximate surface area is 285 Å². The number of imidazole rings is 1. The minimum Gasteiger partial charge on any atom is -0.491 e. The summed E-state index contributed by atoms with van der Waals surface area (Å²) in [5, 5.41) is 19.3. The standard InChI is InChI=1S/C23H26N4O2.C15H22ClNO/c1-3-20-15-25-17-27(20)16-18-8-9-19(14-24)23(12-18)26(2)21-6-4-5-7-22(13-21)29-11-10-28;1-4-9-17(15(18)10-12(3)5-2)14-8-6-7-13(16)11-14/h4,6-9,12-13,15,17,28H,3,5,10-11,16H2,1-2H3;6-8,11-12H,4-5,9-10H2,1-3H3. The second-order valence-corrected chi connectivity index (χ2v) is 12.0. The summed E-state index contributed by atoms with van der Waals surface area (Å²) in [5.41, 5.74) is 5.54. The number of nitrogens with zero attached hydrogens (tertiary/aromatic N) is 5. The predicted octanol–water partition coefficient (Wildman–Crippen LogP) is 8.06. The molecule has 8 nitrogen and oxygen atoms in total. The average molecular weight is 658 g/mol. The maximum absolute atomic E-state index is 12.3. The van der Waals surface area contributed by atoms with Gasteiger partial charge in [0.2, 0.25) is 5.91 Å². The van der Waals surface area contributed by atoms with Crippen LogP contribution in [0.5, 0.6) is 0 Å². The first-order chi connectivity index (χ1) is 22.7. The number of benzene rings is 2. The SMILES string of the molecule is CCCN(C(=O)CC(C)CC)c1cccc(Cl)c1.CCc1cncn1Cc1ccc(C#N)c(N(C)C2=CC(OCCO)=CCC=C2)c1. The Morgan fingerprint density at radius 1 is 1.21 bits per heavy atom. The van der Waals surface area contributed by atoms with Gasteiger partial charge >= 0.3 is 0 Å². The summed E-state index contributed by atoms with van der Waals surface area (Å²) in [6, 6.07) is 15.7. The molecule has 0 bridgehead atoms. The number of aliphatic hydroxyl groups is 1. The number of ether oxygens (including phenoxy) is 1. The minimum absolute atomic E-state index is 0.0294. The van der Waals surface area contributed by atoms with Crippen molar-refractivity contribution in [3.8, 4) is 6.07 Å². The summed E-state index contributed by atoms with van der Waals surface area (Å²) in [5.74, 6) is 1.33. The number of halogens is 1. The van der Waals surface area contributed by atoms with Gasteiger partial charge in [0.25, 0.3) is 0 Å². The number of aliphatic hydroxyl groups excluding tert-OH is 1. The maximum Gasteiger partial charge on any atom is 0.227 e. The number of hydrogen-bond acceptors (Lipinski definition) is 6. The van der Waals surface area contributed by atoms with E-state index in [1.807, 2.05) is 90.1 Å². The molecule has 2 aromatic carbocycles. The molecule has 1 unspecified atom stereocenters. The zero-order valence-corrected chi connectivity index (χ0v) is 29.1. The molecule has 1 aliphatic rings. The minimum atomic E-state index is -0.0294. The number of hydrogen-bond donors (Lipinski definition) is 1. The lowest BCUT2D eigenvalue weighted by atomic mass is 10.0. The molecule has 0 fully saturated rings. The molecule has 0 spiro atoms. The van der Waals surface area contributed by atoms with Crippen molar-refractivity contribution >= 4 is 28.9 Å². The fraction of sp³-hybridized carbons (Fsp3) is 0.395. The van der Waals surface area contributed by atoms with Gasteiger partial charge in [0.1, 0.15) is 18.4 Å². The Morgan fingerprint density at radius 3 is 2.70 bits per heavy atom. The van der Waals surface area contributed by atoms with Crippen molar-refractivity contribution < 1.29 is 14.6 Å². The maximum atomic E-state index is 12.3. The monoisotopic (exact) mass is 657 g/mol. The smallest absolute Gasteiger partial charge is 0.227 e. The lowest BCUT2D eigenvalue weighted by Gasteiger charge is -2.24. The number of carbonyl (C=O) groups excluding carboxylic acids is 1. The second-order valence-electron chi connectivity index (χ2n) is 11.5. The first-order valence-electron chi connectivity index (χ1n) is 16.4. The van der Waals surface area contributed by atoms with Crippen LogP contribution >= 0.6 is 11.6 Å². The molecular weight excluding hydrogens is 610 g/mol. The third kappa shape index (κ3) is 11.2. The highest BCUT2D eigenvalue weighted by Crippen LogP contribution is 2.27. The molecule has 47 heavy (non-hydrogen) atoms. The van der Waals surface area contributed by atoms with E-state index in [-0.39, 0.29) is 19.1 Å². The molecular formula is C38H48ClN5O3. The van der Waals surface area contributed by atoms with Crippen LogP contribution in [0.2, 0.25) is 5.02 Å². The number of anilines is 2. The average Bonchev–Trinajstić information content (AvgIpc) is 3.39. The quantitative estimate of drug-likeness (QED) is 0.188. The van der Waals surface area contributed by atoms with Crippen molar-refractivity contribution in [2.75, 3.05) is 36.6 Å². The van der Waals surface area contributed by atoms with Crippen LogP contribution in [0.4, 0.5) is 11.4 Å². The van der Waals surface area contributed by atoms with Gasteiger partial charge in [-0.25, -0.2) is 4.98 Å². The Morgan fingerprint density at radius 2 is 2.02 bits per heavy atom.